The van der Waals surface area contributed by atoms with Gasteiger partial charge in [-0.15, -0.1) is 0 Å². The van der Waals surface area contributed by atoms with Crippen molar-refractivity contribution in [2.24, 2.45) is 0 Å². The lowest BCUT2D eigenvalue weighted by Gasteiger charge is -2.15. The first-order valence-corrected chi connectivity index (χ1v) is 6.53. The number of benzene rings is 2. The Balaban J connectivity index is 2.23. The molecule has 1 radical (unpaired) electrons. The summed E-state index contributed by atoms with van der Waals surface area (Å²) in [5, 5.41) is 0. The summed E-state index contributed by atoms with van der Waals surface area (Å²) >= 11 is 0. The van der Waals surface area contributed by atoms with Crippen LogP contribution in [-0.2, 0) is 12.8 Å². The second-order valence-electron chi connectivity index (χ2n) is 4.39. The topological polar surface area (TPSA) is 27.7 Å². The number of hydrogen-bond donors (Lipinski definition) is 0. The first-order chi connectivity index (χ1) is 9.80. The van der Waals surface area contributed by atoms with Crippen molar-refractivity contribution >= 4 is 0 Å². The molecule has 20 heavy (non-hydrogen) atoms. The normalized spacial score (nSPS) is 10.2. The van der Waals surface area contributed by atoms with Gasteiger partial charge < -0.3 is 14.2 Å². The van der Waals surface area contributed by atoms with Gasteiger partial charge in [0.25, 0.3) is 0 Å². The first kappa shape index (κ1) is 14.3. The molecule has 0 unspecified atom stereocenters. The van der Waals surface area contributed by atoms with Crippen molar-refractivity contribution in [1.82, 2.24) is 0 Å². The van der Waals surface area contributed by atoms with Gasteiger partial charge in [0.15, 0.2) is 11.5 Å². The summed E-state index contributed by atoms with van der Waals surface area (Å²) in [4.78, 5) is 0. The number of aryl methyl sites for hydroxylation is 2. The van der Waals surface area contributed by atoms with Crippen molar-refractivity contribution in [3.63, 3.8) is 0 Å². The van der Waals surface area contributed by atoms with Crippen LogP contribution in [-0.4, -0.2) is 21.3 Å². The van der Waals surface area contributed by atoms with Crippen LogP contribution in [0.15, 0.2) is 36.4 Å². The van der Waals surface area contributed by atoms with E-state index in [1.54, 1.807) is 27.4 Å². The molecule has 0 saturated heterocycles. The number of ether oxygens (including phenoxy) is 3. The summed E-state index contributed by atoms with van der Waals surface area (Å²) in [5.74, 6) is 1.95. The Kier molecular flexibility index (Phi) is 4.88. The lowest BCUT2D eigenvalue weighted by atomic mass is 10.0. The average Bonchev–Trinajstić information content (AvgIpc) is 2.52. The molecule has 0 aliphatic rings. The largest absolute Gasteiger partial charge is 0.493 e. The molecule has 0 N–H and O–H groups in total. The van der Waals surface area contributed by atoms with Gasteiger partial charge in [-0.25, -0.2) is 0 Å². The van der Waals surface area contributed by atoms with E-state index in [0.29, 0.717) is 17.2 Å². The highest BCUT2D eigenvalue weighted by atomic mass is 16.5. The number of methoxy groups -OCH3 is 3. The van der Waals surface area contributed by atoms with E-state index in [2.05, 4.69) is 18.2 Å². The fourth-order valence-electron chi connectivity index (χ4n) is 2.19. The first-order valence-electron chi connectivity index (χ1n) is 6.53. The zero-order valence-corrected chi connectivity index (χ0v) is 12.1. The Morgan fingerprint density at radius 2 is 1.55 bits per heavy atom. The highest BCUT2D eigenvalue weighted by molar-refractivity contribution is 5.55. The molecule has 0 aliphatic carbocycles. The van der Waals surface area contributed by atoms with E-state index in [1.807, 2.05) is 18.2 Å². The molecule has 0 fully saturated rings. The van der Waals surface area contributed by atoms with E-state index in [0.717, 1.165) is 18.4 Å². The third-order valence-electron chi connectivity index (χ3n) is 3.22. The minimum atomic E-state index is 0.622. The SMILES string of the molecule is COc1c[c]c(CCc2ccccc2)c(OC)c1OC. The molecule has 0 atom stereocenters. The monoisotopic (exact) mass is 271 g/mol. The Hall–Kier alpha value is -2.16. The molecule has 0 amide bonds. The molecule has 0 saturated carbocycles. The van der Waals surface area contributed by atoms with E-state index < -0.39 is 0 Å². The van der Waals surface area contributed by atoms with Crippen molar-refractivity contribution in [1.29, 1.82) is 0 Å². The fourth-order valence-corrected chi connectivity index (χ4v) is 2.19. The van der Waals surface area contributed by atoms with Gasteiger partial charge in [-0.3, -0.25) is 0 Å². The predicted octanol–water partition coefficient (Wildman–Crippen LogP) is 3.30. The van der Waals surface area contributed by atoms with Crippen LogP contribution in [0, 0.1) is 6.07 Å². The Morgan fingerprint density at radius 3 is 2.15 bits per heavy atom. The molecule has 2 aromatic rings. The smallest absolute Gasteiger partial charge is 0.203 e. The number of rotatable bonds is 6. The van der Waals surface area contributed by atoms with Crippen molar-refractivity contribution in [2.75, 3.05) is 21.3 Å². The molecule has 105 valence electrons. The second kappa shape index (κ2) is 6.85. The van der Waals surface area contributed by atoms with Gasteiger partial charge in [-0.1, -0.05) is 30.3 Å². The van der Waals surface area contributed by atoms with E-state index in [-0.39, 0.29) is 0 Å². The molecule has 3 nitrogen and oxygen atoms in total. The maximum atomic E-state index is 5.46. The molecular weight excluding hydrogens is 252 g/mol. The van der Waals surface area contributed by atoms with Gasteiger partial charge in [0.05, 0.1) is 21.3 Å². The lowest BCUT2D eigenvalue weighted by Crippen LogP contribution is -2.00. The van der Waals surface area contributed by atoms with Crippen molar-refractivity contribution in [3.8, 4) is 17.2 Å². The van der Waals surface area contributed by atoms with Crippen LogP contribution < -0.4 is 14.2 Å². The van der Waals surface area contributed by atoms with Gasteiger partial charge in [0, 0.05) is 5.56 Å². The minimum Gasteiger partial charge on any atom is -0.493 e. The number of hydrogen-bond acceptors (Lipinski definition) is 3. The van der Waals surface area contributed by atoms with Crippen molar-refractivity contribution in [2.45, 2.75) is 12.8 Å². The standard InChI is InChI=1S/C17H19O3/c1-18-15-12-11-14(16(19-2)17(15)20-3)10-9-13-7-5-4-6-8-13/h4-8,12H,9-10H2,1-3H3. The summed E-state index contributed by atoms with van der Waals surface area (Å²) in [7, 11) is 4.85. The predicted molar refractivity (Wildman–Crippen MR) is 78.8 cm³/mol. The van der Waals surface area contributed by atoms with Crippen LogP contribution in [0.1, 0.15) is 11.1 Å². The maximum absolute atomic E-state index is 5.46. The van der Waals surface area contributed by atoms with Crippen LogP contribution in [0.25, 0.3) is 0 Å². The van der Waals surface area contributed by atoms with Gasteiger partial charge in [0.1, 0.15) is 0 Å². The summed E-state index contributed by atoms with van der Waals surface area (Å²) in [6.07, 6.45) is 1.77. The average molecular weight is 271 g/mol. The van der Waals surface area contributed by atoms with Crippen LogP contribution in [0.5, 0.6) is 17.2 Å². The zero-order valence-electron chi connectivity index (χ0n) is 12.1. The van der Waals surface area contributed by atoms with Gasteiger partial charge >= 0.3 is 0 Å². The molecule has 0 aromatic heterocycles. The van der Waals surface area contributed by atoms with Gasteiger partial charge in [-0.2, -0.15) is 0 Å². The van der Waals surface area contributed by atoms with Gasteiger partial charge in [0.2, 0.25) is 5.75 Å². The van der Waals surface area contributed by atoms with E-state index in [1.165, 1.54) is 5.56 Å². The summed E-state index contributed by atoms with van der Waals surface area (Å²) in [6.45, 7) is 0. The van der Waals surface area contributed by atoms with E-state index in [4.69, 9.17) is 14.2 Å². The summed E-state index contributed by atoms with van der Waals surface area (Å²) in [6, 6.07) is 15.4. The Morgan fingerprint density at radius 1 is 0.850 bits per heavy atom. The molecule has 0 spiro atoms. The fraction of sp³-hybridized carbons (Fsp3) is 0.294. The molecule has 3 heteroatoms. The van der Waals surface area contributed by atoms with E-state index >= 15 is 0 Å². The zero-order chi connectivity index (χ0) is 14.4. The maximum Gasteiger partial charge on any atom is 0.203 e. The molecule has 2 aromatic carbocycles. The quantitative estimate of drug-likeness (QED) is 0.807. The lowest BCUT2D eigenvalue weighted by molar-refractivity contribution is 0.322. The minimum absolute atomic E-state index is 0.622. The van der Waals surface area contributed by atoms with Crippen LogP contribution in [0.3, 0.4) is 0 Å². The molecule has 0 heterocycles. The molecule has 0 bridgehead atoms. The highest BCUT2D eigenvalue weighted by Crippen LogP contribution is 2.39. The van der Waals surface area contributed by atoms with Crippen LogP contribution >= 0.6 is 0 Å². The Labute approximate surface area is 120 Å². The highest BCUT2D eigenvalue weighted by Gasteiger charge is 2.15. The van der Waals surface area contributed by atoms with Crippen LogP contribution in [0.2, 0.25) is 0 Å². The molecular formula is C17H19O3. The third-order valence-corrected chi connectivity index (χ3v) is 3.22. The summed E-state index contributed by atoms with van der Waals surface area (Å²) in [5.41, 5.74) is 2.28. The van der Waals surface area contributed by atoms with Crippen molar-refractivity contribution < 1.29 is 14.2 Å². The Bertz CT molecular complexity index is 550. The second-order valence-corrected chi connectivity index (χ2v) is 4.39. The van der Waals surface area contributed by atoms with Gasteiger partial charge in [-0.05, 0) is 30.5 Å². The van der Waals surface area contributed by atoms with E-state index in [9.17, 15) is 0 Å². The molecule has 2 rings (SSSR count). The summed E-state index contributed by atoms with van der Waals surface area (Å²) < 4.78 is 16.1. The molecule has 0 aliphatic heterocycles. The van der Waals surface area contributed by atoms with Crippen LogP contribution in [0.4, 0.5) is 0 Å². The third kappa shape index (κ3) is 3.05. The van der Waals surface area contributed by atoms with Crippen molar-refractivity contribution in [3.05, 3.63) is 53.6 Å².